The van der Waals surface area contributed by atoms with Crippen LogP contribution in [-0.2, 0) is 9.53 Å². The minimum atomic E-state index is -0.671. The minimum absolute atomic E-state index is 0.165. The van der Waals surface area contributed by atoms with Crippen molar-refractivity contribution in [2.24, 2.45) is 0 Å². The lowest BCUT2D eigenvalue weighted by Gasteiger charge is -2.22. The molecular weight excluding hydrogens is 474 g/mol. The number of carbonyl (C=O) groups is 1. The van der Waals surface area contributed by atoms with Gasteiger partial charge in [-0.25, -0.2) is 4.98 Å². The van der Waals surface area contributed by atoms with Crippen LogP contribution in [0.25, 0.3) is 10.9 Å². The third kappa shape index (κ3) is 5.61. The number of benzene rings is 3. The molecule has 0 bridgehead atoms. The third-order valence-corrected chi connectivity index (χ3v) is 6.85. The molecule has 1 heterocycles. The van der Waals surface area contributed by atoms with Crippen molar-refractivity contribution in [2.75, 3.05) is 25.6 Å². The number of methoxy groups -OCH3 is 1. The predicted molar refractivity (Wildman–Crippen MR) is 144 cm³/mol. The van der Waals surface area contributed by atoms with E-state index in [0.717, 1.165) is 5.56 Å². The molecular formula is C28H29N3O4S. The quantitative estimate of drug-likeness (QED) is 0.228. The van der Waals surface area contributed by atoms with Gasteiger partial charge in [0.25, 0.3) is 5.56 Å². The fourth-order valence-corrected chi connectivity index (χ4v) is 5.17. The Labute approximate surface area is 214 Å². The van der Waals surface area contributed by atoms with Crippen LogP contribution in [0.4, 0.5) is 5.69 Å². The van der Waals surface area contributed by atoms with Crippen LogP contribution in [0, 0.1) is 0 Å². The van der Waals surface area contributed by atoms with Gasteiger partial charge in [-0.15, -0.1) is 0 Å². The van der Waals surface area contributed by atoms with Crippen LogP contribution in [0.1, 0.15) is 30.7 Å². The van der Waals surface area contributed by atoms with Crippen molar-refractivity contribution < 1.29 is 14.3 Å². The summed E-state index contributed by atoms with van der Waals surface area (Å²) < 4.78 is 12.7. The number of para-hydroxylation sites is 3. The lowest BCUT2D eigenvalue weighted by Crippen LogP contribution is -2.29. The summed E-state index contributed by atoms with van der Waals surface area (Å²) >= 11 is 1.24. The molecule has 3 aromatic carbocycles. The van der Waals surface area contributed by atoms with Crippen molar-refractivity contribution >= 4 is 34.3 Å². The normalized spacial score (nSPS) is 12.8. The van der Waals surface area contributed by atoms with Crippen LogP contribution >= 0.6 is 11.8 Å². The number of rotatable bonds is 10. The molecule has 1 N–H and O–H groups in total. The number of carbonyl (C=O) groups excluding carboxylic acids is 1. The molecule has 0 spiro atoms. The first-order valence-corrected chi connectivity index (χ1v) is 12.7. The number of thioether (sulfide) groups is 1. The number of aromatic nitrogens is 2. The lowest BCUT2D eigenvalue weighted by atomic mass is 10.1. The van der Waals surface area contributed by atoms with E-state index in [1.54, 1.807) is 23.8 Å². The Bertz CT molecular complexity index is 1390. The highest BCUT2D eigenvalue weighted by molar-refractivity contribution is 8.00. The van der Waals surface area contributed by atoms with Gasteiger partial charge in [-0.1, -0.05) is 66.4 Å². The molecule has 0 aliphatic rings. The Kier molecular flexibility index (Phi) is 8.40. The van der Waals surface area contributed by atoms with Gasteiger partial charge in [0.1, 0.15) is 11.0 Å². The highest BCUT2D eigenvalue weighted by Crippen LogP contribution is 2.37. The molecule has 4 aromatic rings. The second kappa shape index (κ2) is 11.9. The third-order valence-electron chi connectivity index (χ3n) is 5.63. The van der Waals surface area contributed by atoms with E-state index in [-0.39, 0.29) is 17.5 Å². The molecule has 4 rings (SSSR count). The predicted octanol–water partition coefficient (Wildman–Crippen LogP) is 5.47. The van der Waals surface area contributed by atoms with Gasteiger partial charge in [0.05, 0.1) is 35.8 Å². The number of hydrogen-bond donors (Lipinski definition) is 1. The first-order chi connectivity index (χ1) is 17.5. The van der Waals surface area contributed by atoms with Crippen molar-refractivity contribution in [3.05, 3.63) is 94.8 Å². The van der Waals surface area contributed by atoms with Crippen LogP contribution in [0.15, 0.2) is 88.8 Å². The maximum Gasteiger partial charge on any atom is 0.262 e. The van der Waals surface area contributed by atoms with Gasteiger partial charge in [-0.05, 0) is 43.7 Å². The molecule has 8 heteroatoms. The number of nitrogens with zero attached hydrogens (tertiary/aromatic N) is 2. The van der Waals surface area contributed by atoms with Crippen molar-refractivity contribution in [1.29, 1.82) is 0 Å². The summed E-state index contributed by atoms with van der Waals surface area (Å²) in [5.74, 6) is 0.353. The maximum absolute atomic E-state index is 13.7. The van der Waals surface area contributed by atoms with Crippen LogP contribution in [0.3, 0.4) is 0 Å². The first kappa shape index (κ1) is 25.5. The molecule has 2 unspecified atom stereocenters. The van der Waals surface area contributed by atoms with E-state index in [2.05, 4.69) is 5.32 Å². The lowest BCUT2D eigenvalue weighted by molar-refractivity contribution is -0.115. The summed E-state index contributed by atoms with van der Waals surface area (Å²) in [6.45, 7) is 4.61. The largest absolute Gasteiger partial charge is 0.492 e. The van der Waals surface area contributed by atoms with E-state index in [1.165, 1.54) is 11.8 Å². The van der Waals surface area contributed by atoms with Crippen molar-refractivity contribution in [3.8, 4) is 5.75 Å². The Morgan fingerprint density at radius 2 is 1.72 bits per heavy atom. The van der Waals surface area contributed by atoms with Gasteiger partial charge < -0.3 is 14.8 Å². The molecule has 0 saturated carbocycles. The Balaban J connectivity index is 1.78. The van der Waals surface area contributed by atoms with Crippen LogP contribution in [0.2, 0.25) is 0 Å². The van der Waals surface area contributed by atoms with Crippen LogP contribution in [0.5, 0.6) is 5.75 Å². The van der Waals surface area contributed by atoms with Crippen molar-refractivity contribution in [1.82, 2.24) is 9.55 Å². The summed E-state index contributed by atoms with van der Waals surface area (Å²) in [6.07, 6.45) is 0. The fourth-order valence-electron chi connectivity index (χ4n) is 3.97. The molecule has 7 nitrogen and oxygen atoms in total. The number of hydrogen-bond acceptors (Lipinski definition) is 6. The van der Waals surface area contributed by atoms with Gasteiger partial charge in [-0.2, -0.15) is 0 Å². The van der Waals surface area contributed by atoms with E-state index in [1.807, 2.05) is 80.6 Å². The Morgan fingerprint density at radius 1 is 1.03 bits per heavy atom. The second-order valence-corrected chi connectivity index (χ2v) is 9.29. The number of anilines is 1. The molecule has 36 heavy (non-hydrogen) atoms. The molecule has 0 aliphatic carbocycles. The molecule has 2 atom stereocenters. The fraction of sp³-hybridized carbons (Fsp3) is 0.250. The van der Waals surface area contributed by atoms with Crippen molar-refractivity contribution in [2.45, 2.75) is 30.3 Å². The number of nitrogens with one attached hydrogen (secondary N) is 1. The second-order valence-electron chi connectivity index (χ2n) is 8.22. The topological polar surface area (TPSA) is 82.5 Å². The maximum atomic E-state index is 13.7. The summed E-state index contributed by atoms with van der Waals surface area (Å²) in [5, 5.41) is 3.32. The van der Waals surface area contributed by atoms with Gasteiger partial charge in [0.15, 0.2) is 5.16 Å². The average Bonchev–Trinajstić information content (AvgIpc) is 2.89. The van der Waals surface area contributed by atoms with E-state index in [0.29, 0.717) is 40.7 Å². The molecule has 1 amide bonds. The summed E-state index contributed by atoms with van der Waals surface area (Å²) in [4.78, 5) is 32.0. The molecule has 0 radical (unpaired) electrons. The van der Waals surface area contributed by atoms with Crippen LogP contribution in [-0.4, -0.2) is 35.8 Å². The number of amides is 1. The van der Waals surface area contributed by atoms with Gasteiger partial charge in [-0.3, -0.25) is 14.2 Å². The molecule has 1 aromatic heterocycles. The van der Waals surface area contributed by atoms with Crippen molar-refractivity contribution in [3.63, 3.8) is 0 Å². The zero-order valence-corrected chi connectivity index (χ0v) is 21.3. The Hall–Kier alpha value is -3.62. The average molecular weight is 504 g/mol. The highest BCUT2D eigenvalue weighted by atomic mass is 32.2. The smallest absolute Gasteiger partial charge is 0.262 e. The van der Waals surface area contributed by atoms with Gasteiger partial charge >= 0.3 is 0 Å². The SMILES string of the molecule is CCOc1ccccc1NC(=O)C(Sc1nc2ccccc2c(=O)n1C(C)COC)c1ccccc1. The molecule has 0 aliphatic heterocycles. The molecule has 0 saturated heterocycles. The van der Waals surface area contributed by atoms with E-state index < -0.39 is 5.25 Å². The highest BCUT2D eigenvalue weighted by Gasteiger charge is 2.27. The summed E-state index contributed by atoms with van der Waals surface area (Å²) in [6, 6.07) is 23.8. The molecule has 186 valence electrons. The van der Waals surface area contributed by atoms with E-state index in [4.69, 9.17) is 14.5 Å². The monoisotopic (exact) mass is 503 g/mol. The van der Waals surface area contributed by atoms with E-state index >= 15 is 0 Å². The molecule has 0 fully saturated rings. The van der Waals surface area contributed by atoms with E-state index in [9.17, 15) is 9.59 Å². The standard InChI is InChI=1S/C28H29N3O4S/c1-4-35-24-17-11-10-16-23(24)29-26(32)25(20-12-6-5-7-13-20)36-28-30-22-15-9-8-14-21(22)27(33)31(28)19(2)18-34-3/h5-17,19,25H,4,18H2,1-3H3,(H,29,32). The zero-order chi connectivity index (χ0) is 25.5. The summed E-state index contributed by atoms with van der Waals surface area (Å²) in [5.41, 5.74) is 1.80. The number of fused-ring (bicyclic) bond motifs is 1. The minimum Gasteiger partial charge on any atom is -0.492 e. The van der Waals surface area contributed by atoms with Crippen LogP contribution < -0.4 is 15.6 Å². The van der Waals surface area contributed by atoms with Gasteiger partial charge in [0, 0.05) is 7.11 Å². The van der Waals surface area contributed by atoms with Gasteiger partial charge in [0.2, 0.25) is 5.91 Å². The number of ether oxygens (including phenoxy) is 2. The first-order valence-electron chi connectivity index (χ1n) is 11.8. The Morgan fingerprint density at radius 3 is 2.47 bits per heavy atom. The zero-order valence-electron chi connectivity index (χ0n) is 20.5. The summed E-state index contributed by atoms with van der Waals surface area (Å²) in [7, 11) is 1.60.